The lowest BCUT2D eigenvalue weighted by Crippen LogP contribution is -1.83. The zero-order valence-electron chi connectivity index (χ0n) is 9.24. The first-order chi connectivity index (χ1) is 5.68. The van der Waals surface area contributed by atoms with Crippen LogP contribution in [-0.4, -0.2) is 10.2 Å². The van der Waals surface area contributed by atoms with Crippen LogP contribution in [0.3, 0.4) is 0 Å². The van der Waals surface area contributed by atoms with E-state index in [9.17, 15) is 0 Å². The zero-order valence-corrected chi connectivity index (χ0v) is 11.2. The van der Waals surface area contributed by atoms with Crippen molar-refractivity contribution in [2.24, 2.45) is 0 Å². The van der Waals surface area contributed by atoms with E-state index in [2.05, 4.69) is 20.8 Å². The SMILES string of the molecule is CC(C)=C(C)CCCCCC[SiH3]. The Morgan fingerprint density at radius 2 is 1.50 bits per heavy atom. The lowest BCUT2D eigenvalue weighted by molar-refractivity contribution is 0.662. The quantitative estimate of drug-likeness (QED) is 0.338. The second-order valence-electron chi connectivity index (χ2n) is 3.94. The van der Waals surface area contributed by atoms with Crippen molar-refractivity contribution >= 4 is 10.2 Å². The molecule has 0 fully saturated rings. The van der Waals surface area contributed by atoms with Gasteiger partial charge in [0.05, 0.1) is 0 Å². The maximum Gasteiger partial charge on any atom is 0.00279 e. The van der Waals surface area contributed by atoms with Gasteiger partial charge in [-0.15, -0.1) is 0 Å². The van der Waals surface area contributed by atoms with E-state index < -0.39 is 0 Å². The van der Waals surface area contributed by atoms with Gasteiger partial charge in [-0.05, 0) is 33.6 Å². The Kier molecular flexibility index (Phi) is 7.57. The highest BCUT2D eigenvalue weighted by molar-refractivity contribution is 6.08. The Labute approximate surface area is 80.9 Å². The van der Waals surface area contributed by atoms with Gasteiger partial charge in [0.1, 0.15) is 0 Å². The topological polar surface area (TPSA) is 0 Å². The average Bonchev–Trinajstić information content (AvgIpc) is 2.03. The monoisotopic (exact) mass is 184 g/mol. The second kappa shape index (κ2) is 7.60. The third-order valence-corrected chi connectivity index (χ3v) is 3.22. The molecule has 0 spiro atoms. The lowest BCUT2D eigenvalue weighted by atomic mass is 10.0. The smallest absolute Gasteiger partial charge is 0.00279 e. The Balaban J connectivity index is 3.26. The first-order valence-corrected chi connectivity index (χ1v) is 6.72. The van der Waals surface area contributed by atoms with Crippen LogP contribution >= 0.6 is 0 Å². The van der Waals surface area contributed by atoms with Gasteiger partial charge in [0.25, 0.3) is 0 Å². The zero-order chi connectivity index (χ0) is 9.40. The van der Waals surface area contributed by atoms with Gasteiger partial charge in [0, 0.05) is 10.2 Å². The molecule has 0 N–H and O–H groups in total. The van der Waals surface area contributed by atoms with Crippen LogP contribution in [0.25, 0.3) is 0 Å². The molecule has 0 saturated heterocycles. The van der Waals surface area contributed by atoms with E-state index in [-0.39, 0.29) is 0 Å². The number of hydrogen-bond acceptors (Lipinski definition) is 0. The van der Waals surface area contributed by atoms with Gasteiger partial charge in [-0.3, -0.25) is 0 Å². The van der Waals surface area contributed by atoms with Gasteiger partial charge >= 0.3 is 0 Å². The molecule has 0 aromatic rings. The van der Waals surface area contributed by atoms with Crippen LogP contribution in [0.5, 0.6) is 0 Å². The summed E-state index contributed by atoms with van der Waals surface area (Å²) in [6, 6.07) is 1.49. The molecule has 0 aromatic carbocycles. The average molecular weight is 184 g/mol. The largest absolute Gasteiger partial charge is 0.0775 e. The van der Waals surface area contributed by atoms with Crippen LogP contribution in [0.1, 0.15) is 52.9 Å². The van der Waals surface area contributed by atoms with Crippen molar-refractivity contribution in [3.63, 3.8) is 0 Å². The summed E-state index contributed by atoms with van der Waals surface area (Å²) < 4.78 is 0. The molecule has 0 aliphatic carbocycles. The molecule has 0 saturated carbocycles. The summed E-state index contributed by atoms with van der Waals surface area (Å²) in [4.78, 5) is 0. The highest BCUT2D eigenvalue weighted by atomic mass is 28.1. The minimum Gasteiger partial charge on any atom is -0.0775 e. The number of hydrogen-bond donors (Lipinski definition) is 0. The van der Waals surface area contributed by atoms with E-state index in [1.165, 1.54) is 54.0 Å². The summed E-state index contributed by atoms with van der Waals surface area (Å²) in [5, 5.41) is 0. The lowest BCUT2D eigenvalue weighted by Gasteiger charge is -2.03. The minimum atomic E-state index is 1.32. The van der Waals surface area contributed by atoms with E-state index in [4.69, 9.17) is 0 Å². The molecule has 0 heterocycles. The molecule has 0 rings (SSSR count). The fraction of sp³-hybridized carbons (Fsp3) is 0.818. The fourth-order valence-corrected chi connectivity index (χ4v) is 1.74. The van der Waals surface area contributed by atoms with Gasteiger partial charge in [-0.2, -0.15) is 0 Å². The van der Waals surface area contributed by atoms with Gasteiger partial charge in [-0.25, -0.2) is 0 Å². The first-order valence-electron chi connectivity index (χ1n) is 5.31. The predicted molar refractivity (Wildman–Crippen MR) is 61.9 cm³/mol. The van der Waals surface area contributed by atoms with Crippen LogP contribution in [0.15, 0.2) is 11.1 Å². The Morgan fingerprint density at radius 1 is 0.917 bits per heavy atom. The standard InChI is InChI=1S/C11H24Si/c1-10(2)11(3)8-6-4-5-7-9-12/h4-9H2,1-3,12H3. The molecular weight excluding hydrogens is 160 g/mol. The highest BCUT2D eigenvalue weighted by Crippen LogP contribution is 2.13. The molecule has 12 heavy (non-hydrogen) atoms. The third kappa shape index (κ3) is 6.65. The third-order valence-electron chi connectivity index (χ3n) is 2.51. The second-order valence-corrected chi connectivity index (χ2v) is 4.94. The van der Waals surface area contributed by atoms with Crippen LogP contribution in [-0.2, 0) is 0 Å². The molecule has 0 amide bonds. The minimum absolute atomic E-state index is 1.32. The summed E-state index contributed by atoms with van der Waals surface area (Å²) >= 11 is 0. The van der Waals surface area contributed by atoms with E-state index in [0.717, 1.165) is 0 Å². The molecule has 0 unspecified atom stereocenters. The molecule has 0 aromatic heterocycles. The Hall–Kier alpha value is -0.0431. The van der Waals surface area contributed by atoms with Crippen LogP contribution in [0.2, 0.25) is 6.04 Å². The molecule has 0 radical (unpaired) electrons. The van der Waals surface area contributed by atoms with E-state index in [0.29, 0.717) is 0 Å². The van der Waals surface area contributed by atoms with E-state index >= 15 is 0 Å². The summed E-state index contributed by atoms with van der Waals surface area (Å²) in [6.07, 6.45) is 7.09. The van der Waals surface area contributed by atoms with Crippen LogP contribution < -0.4 is 0 Å². The Bertz CT molecular complexity index is 132. The summed E-state index contributed by atoms with van der Waals surface area (Å²) in [5.74, 6) is 0. The molecule has 0 aliphatic rings. The molecule has 0 atom stereocenters. The van der Waals surface area contributed by atoms with Crippen LogP contribution in [0, 0.1) is 0 Å². The van der Waals surface area contributed by atoms with Gasteiger partial charge < -0.3 is 0 Å². The number of rotatable bonds is 6. The molecular formula is C11H24Si. The molecule has 0 bridgehead atoms. The van der Waals surface area contributed by atoms with Crippen molar-refractivity contribution in [3.05, 3.63) is 11.1 Å². The molecule has 72 valence electrons. The van der Waals surface area contributed by atoms with Crippen LogP contribution in [0.4, 0.5) is 0 Å². The van der Waals surface area contributed by atoms with Crippen molar-refractivity contribution in [1.82, 2.24) is 0 Å². The van der Waals surface area contributed by atoms with Crippen molar-refractivity contribution in [3.8, 4) is 0 Å². The summed E-state index contributed by atoms with van der Waals surface area (Å²) in [7, 11) is 1.39. The van der Waals surface area contributed by atoms with Gasteiger partial charge in [-0.1, -0.05) is 36.5 Å². The van der Waals surface area contributed by atoms with Crippen molar-refractivity contribution < 1.29 is 0 Å². The normalized spacial score (nSPS) is 10.2. The number of unbranched alkanes of at least 4 members (excludes halogenated alkanes) is 3. The highest BCUT2D eigenvalue weighted by Gasteiger charge is 1.93. The Morgan fingerprint density at radius 3 is 2.00 bits per heavy atom. The van der Waals surface area contributed by atoms with E-state index in [1.807, 2.05) is 0 Å². The van der Waals surface area contributed by atoms with Crippen molar-refractivity contribution in [1.29, 1.82) is 0 Å². The summed E-state index contributed by atoms with van der Waals surface area (Å²) in [5.41, 5.74) is 3.11. The maximum absolute atomic E-state index is 2.27. The first kappa shape index (κ1) is 12.0. The molecule has 1 heteroatoms. The van der Waals surface area contributed by atoms with Gasteiger partial charge in [0.2, 0.25) is 0 Å². The maximum atomic E-state index is 2.27. The van der Waals surface area contributed by atoms with Crippen molar-refractivity contribution in [2.75, 3.05) is 0 Å². The number of allylic oxidation sites excluding steroid dienone is 2. The predicted octanol–water partition coefficient (Wildman–Crippen LogP) is 3.08. The molecule has 0 aliphatic heterocycles. The molecule has 0 nitrogen and oxygen atoms in total. The van der Waals surface area contributed by atoms with E-state index in [1.54, 1.807) is 5.57 Å². The summed E-state index contributed by atoms with van der Waals surface area (Å²) in [6.45, 7) is 6.70. The van der Waals surface area contributed by atoms with Gasteiger partial charge in [0.15, 0.2) is 0 Å². The van der Waals surface area contributed by atoms with Crippen molar-refractivity contribution in [2.45, 2.75) is 58.9 Å². The fourth-order valence-electron chi connectivity index (χ4n) is 1.24.